The topological polar surface area (TPSA) is 83.9 Å². The van der Waals surface area contributed by atoms with Gasteiger partial charge in [0.05, 0.1) is 24.7 Å². The van der Waals surface area contributed by atoms with E-state index in [1.165, 1.54) is 5.56 Å². The highest BCUT2D eigenvalue weighted by atomic mass is 16.5. The Morgan fingerprint density at radius 3 is 2.55 bits per heavy atom. The van der Waals surface area contributed by atoms with Gasteiger partial charge in [0.1, 0.15) is 0 Å². The van der Waals surface area contributed by atoms with Gasteiger partial charge in [0.25, 0.3) is 0 Å². The molecule has 0 spiro atoms. The van der Waals surface area contributed by atoms with Crippen molar-refractivity contribution in [1.82, 2.24) is 4.90 Å². The Morgan fingerprint density at radius 2 is 1.84 bits per heavy atom. The number of benzene rings is 1. The second kappa shape index (κ2) is 12.6. The van der Waals surface area contributed by atoms with Gasteiger partial charge in [0, 0.05) is 13.0 Å². The fraction of sp³-hybridized carbons (Fsp3) is 0.640. The largest absolute Gasteiger partial charge is 0.466 e. The van der Waals surface area contributed by atoms with E-state index in [1.54, 1.807) is 18.7 Å². The van der Waals surface area contributed by atoms with E-state index in [0.717, 1.165) is 32.1 Å². The highest BCUT2D eigenvalue weighted by molar-refractivity contribution is 6.07. The Hall–Kier alpha value is -2.21. The van der Waals surface area contributed by atoms with Gasteiger partial charge in [-0.1, -0.05) is 49.6 Å². The number of aliphatic hydroxyl groups is 1. The Labute approximate surface area is 186 Å². The number of ether oxygens (including phenoxy) is 1. The number of amides is 1. The van der Waals surface area contributed by atoms with Crippen LogP contribution in [0.2, 0.25) is 0 Å². The van der Waals surface area contributed by atoms with Gasteiger partial charge in [0.2, 0.25) is 5.91 Å². The Bertz CT molecular complexity index is 716. The summed E-state index contributed by atoms with van der Waals surface area (Å²) < 4.78 is 4.92. The van der Waals surface area contributed by atoms with Gasteiger partial charge < -0.3 is 14.7 Å². The van der Waals surface area contributed by atoms with E-state index in [1.807, 2.05) is 30.3 Å². The van der Waals surface area contributed by atoms with Crippen molar-refractivity contribution in [2.75, 3.05) is 13.2 Å². The number of carbonyl (C=O) groups excluding carboxylic acids is 3. The van der Waals surface area contributed by atoms with E-state index < -0.39 is 5.60 Å². The molecular formula is C25H37NO5. The predicted molar refractivity (Wildman–Crippen MR) is 119 cm³/mol. The van der Waals surface area contributed by atoms with Crippen LogP contribution in [-0.4, -0.2) is 52.5 Å². The molecule has 1 aliphatic heterocycles. The summed E-state index contributed by atoms with van der Waals surface area (Å²) in [4.78, 5) is 37.7. The van der Waals surface area contributed by atoms with Crippen molar-refractivity contribution in [2.45, 2.75) is 89.7 Å². The number of hydrogen-bond acceptors (Lipinski definition) is 5. The Morgan fingerprint density at radius 1 is 1.13 bits per heavy atom. The van der Waals surface area contributed by atoms with Crippen molar-refractivity contribution in [3.63, 3.8) is 0 Å². The molecule has 1 saturated heterocycles. The maximum atomic E-state index is 12.3. The second-order valence-corrected chi connectivity index (χ2v) is 8.74. The lowest BCUT2D eigenvalue weighted by molar-refractivity contribution is -0.143. The van der Waals surface area contributed by atoms with Crippen LogP contribution in [0.25, 0.3) is 0 Å². The van der Waals surface area contributed by atoms with Crippen molar-refractivity contribution in [3.05, 3.63) is 35.9 Å². The molecule has 172 valence electrons. The van der Waals surface area contributed by atoms with Crippen LogP contribution in [0.4, 0.5) is 0 Å². The molecule has 0 aliphatic carbocycles. The molecule has 0 radical (unpaired) electrons. The lowest BCUT2D eigenvalue weighted by Crippen LogP contribution is -2.40. The zero-order valence-electron chi connectivity index (χ0n) is 19.0. The minimum Gasteiger partial charge on any atom is -0.466 e. The summed E-state index contributed by atoms with van der Waals surface area (Å²) in [5.74, 6) is -0.304. The highest BCUT2D eigenvalue weighted by Crippen LogP contribution is 2.25. The summed E-state index contributed by atoms with van der Waals surface area (Å²) in [7, 11) is 0. The van der Waals surface area contributed by atoms with E-state index in [0.29, 0.717) is 38.8 Å². The van der Waals surface area contributed by atoms with Gasteiger partial charge in [-0.15, -0.1) is 0 Å². The van der Waals surface area contributed by atoms with E-state index in [4.69, 9.17) is 4.74 Å². The molecule has 2 atom stereocenters. The predicted octanol–water partition coefficient (Wildman–Crippen LogP) is 3.83. The van der Waals surface area contributed by atoms with Crippen LogP contribution in [0.5, 0.6) is 0 Å². The van der Waals surface area contributed by atoms with Crippen LogP contribution in [0, 0.1) is 0 Å². The molecule has 1 fully saturated rings. The number of unbranched alkanes of at least 4 members (excludes halogenated alkanes) is 3. The van der Waals surface area contributed by atoms with Crippen LogP contribution < -0.4 is 0 Å². The molecule has 1 aromatic carbocycles. The molecule has 6 nitrogen and oxygen atoms in total. The number of rotatable bonds is 14. The number of nitrogens with zero attached hydrogens (tertiary/aromatic N) is 1. The lowest BCUT2D eigenvalue weighted by atomic mass is 9.93. The zero-order chi connectivity index (χ0) is 22.7. The first-order chi connectivity index (χ1) is 14.8. The van der Waals surface area contributed by atoms with Crippen LogP contribution in [0.15, 0.2) is 30.3 Å². The van der Waals surface area contributed by atoms with Crippen LogP contribution in [0.3, 0.4) is 0 Å². The first-order valence-corrected chi connectivity index (χ1v) is 11.6. The second-order valence-electron chi connectivity index (χ2n) is 8.74. The average Bonchev–Trinajstić information content (AvgIpc) is 3.01. The van der Waals surface area contributed by atoms with Crippen molar-refractivity contribution in [2.24, 2.45) is 0 Å². The minimum atomic E-state index is -0.889. The molecule has 1 aliphatic rings. The van der Waals surface area contributed by atoms with Gasteiger partial charge in [-0.3, -0.25) is 14.4 Å². The van der Waals surface area contributed by atoms with E-state index in [-0.39, 0.29) is 30.1 Å². The van der Waals surface area contributed by atoms with E-state index in [2.05, 4.69) is 0 Å². The third-order valence-corrected chi connectivity index (χ3v) is 5.99. The van der Waals surface area contributed by atoms with Crippen molar-refractivity contribution in [1.29, 1.82) is 0 Å². The van der Waals surface area contributed by atoms with Gasteiger partial charge in [-0.05, 0) is 51.5 Å². The monoisotopic (exact) mass is 431 g/mol. The summed E-state index contributed by atoms with van der Waals surface area (Å²) in [6.07, 6.45) is 6.33. The quantitative estimate of drug-likeness (QED) is 0.275. The first kappa shape index (κ1) is 25.1. The van der Waals surface area contributed by atoms with Crippen molar-refractivity contribution >= 4 is 17.7 Å². The highest BCUT2D eigenvalue weighted by Gasteiger charge is 2.38. The molecule has 0 aromatic heterocycles. The summed E-state index contributed by atoms with van der Waals surface area (Å²) in [6.45, 7) is 4.41. The maximum absolute atomic E-state index is 12.3. The molecule has 0 bridgehead atoms. The van der Waals surface area contributed by atoms with Gasteiger partial charge >= 0.3 is 5.97 Å². The molecule has 2 unspecified atom stereocenters. The minimum absolute atomic E-state index is 0.0135. The molecule has 1 amide bonds. The molecule has 1 N–H and O–H groups in total. The molecule has 31 heavy (non-hydrogen) atoms. The summed E-state index contributed by atoms with van der Waals surface area (Å²) in [5.41, 5.74) is 0.287. The average molecular weight is 432 g/mol. The smallest absolute Gasteiger partial charge is 0.305 e. The number of ketones is 1. The maximum Gasteiger partial charge on any atom is 0.305 e. The number of esters is 1. The third-order valence-electron chi connectivity index (χ3n) is 5.99. The zero-order valence-corrected chi connectivity index (χ0v) is 19.0. The lowest BCUT2D eigenvalue weighted by Gasteiger charge is -2.29. The van der Waals surface area contributed by atoms with Crippen molar-refractivity contribution < 1.29 is 24.2 Å². The number of hydrogen-bond donors (Lipinski definition) is 1. The van der Waals surface area contributed by atoms with Crippen LogP contribution in [0.1, 0.15) is 77.2 Å². The summed E-state index contributed by atoms with van der Waals surface area (Å²) >= 11 is 0. The fourth-order valence-electron chi connectivity index (χ4n) is 4.05. The van der Waals surface area contributed by atoms with Crippen molar-refractivity contribution in [3.8, 4) is 0 Å². The van der Waals surface area contributed by atoms with Crippen LogP contribution >= 0.6 is 0 Å². The van der Waals surface area contributed by atoms with Crippen LogP contribution in [-0.2, 0) is 25.5 Å². The third kappa shape index (κ3) is 8.82. The molecule has 6 heteroatoms. The van der Waals surface area contributed by atoms with Gasteiger partial charge in [0.15, 0.2) is 5.78 Å². The standard InChI is InChI=1S/C25H37NO5/c1-3-31-24(29)14-10-5-4-9-13-21-22(27)19-23(28)26(21)18-17-25(2,30)16-15-20-11-7-6-8-12-20/h6-8,11-12,21,30H,3-5,9-10,13-19H2,1-2H3. The number of Topliss-reactive ketones (excluding diaryl/α,β-unsaturated/α-hetero) is 1. The Balaban J connectivity index is 1.73. The van der Waals surface area contributed by atoms with Gasteiger partial charge in [-0.25, -0.2) is 0 Å². The number of likely N-dealkylation sites (tertiary alicyclic amines) is 1. The molecule has 0 saturated carbocycles. The van der Waals surface area contributed by atoms with E-state index >= 15 is 0 Å². The number of carbonyl (C=O) groups is 3. The molecular weight excluding hydrogens is 394 g/mol. The molecule has 1 heterocycles. The van der Waals surface area contributed by atoms with Gasteiger partial charge in [-0.2, -0.15) is 0 Å². The Kier molecular flexibility index (Phi) is 10.2. The number of aryl methyl sites for hydroxylation is 1. The normalized spacial score (nSPS) is 18.3. The summed E-state index contributed by atoms with van der Waals surface area (Å²) in [6, 6.07) is 9.66. The molecule has 1 aromatic rings. The van der Waals surface area contributed by atoms with E-state index in [9.17, 15) is 19.5 Å². The summed E-state index contributed by atoms with van der Waals surface area (Å²) in [5, 5.41) is 10.8. The molecule has 2 rings (SSSR count). The first-order valence-electron chi connectivity index (χ1n) is 11.6. The SMILES string of the molecule is CCOC(=O)CCCCCCC1C(=O)CC(=O)N1CCC(C)(O)CCc1ccccc1. The fourth-order valence-corrected chi connectivity index (χ4v) is 4.05.